The Morgan fingerprint density at radius 2 is 1.94 bits per heavy atom. The first kappa shape index (κ1) is 20.2. The Morgan fingerprint density at radius 1 is 1.06 bits per heavy atom. The summed E-state index contributed by atoms with van der Waals surface area (Å²) in [5.74, 6) is 1.03. The highest BCUT2D eigenvalue weighted by atomic mass is 16.3. The van der Waals surface area contributed by atoms with Crippen LogP contribution in [0, 0.1) is 0 Å². The lowest BCUT2D eigenvalue weighted by atomic mass is 10.1. The van der Waals surface area contributed by atoms with E-state index in [1.54, 1.807) is 18.3 Å². The van der Waals surface area contributed by atoms with Gasteiger partial charge in [0.15, 0.2) is 0 Å². The number of carbonyl (C=O) groups excluding carboxylic acids is 2. The predicted octanol–water partition coefficient (Wildman–Crippen LogP) is 3.61. The maximum absolute atomic E-state index is 12.8. The lowest BCUT2D eigenvalue weighted by Gasteiger charge is -2.20. The van der Waals surface area contributed by atoms with Crippen LogP contribution in [-0.2, 0) is 4.79 Å². The van der Waals surface area contributed by atoms with E-state index in [2.05, 4.69) is 22.2 Å². The van der Waals surface area contributed by atoms with Gasteiger partial charge in [0.05, 0.1) is 5.57 Å². The van der Waals surface area contributed by atoms with Gasteiger partial charge in [0.1, 0.15) is 17.2 Å². The Kier molecular flexibility index (Phi) is 5.33. The van der Waals surface area contributed by atoms with Crippen LogP contribution in [0.2, 0.25) is 0 Å². The third-order valence-electron chi connectivity index (χ3n) is 5.90. The molecule has 1 N–H and O–H groups in total. The number of aromatic nitrogens is 1. The van der Waals surface area contributed by atoms with E-state index in [9.17, 15) is 9.59 Å². The van der Waals surface area contributed by atoms with Gasteiger partial charge in [-0.25, -0.2) is 0 Å². The third kappa shape index (κ3) is 3.94. The van der Waals surface area contributed by atoms with Gasteiger partial charge in [-0.2, -0.15) is 0 Å². The second kappa shape index (κ2) is 8.43. The Hall–Kier alpha value is -3.71. The van der Waals surface area contributed by atoms with Crippen molar-refractivity contribution in [2.75, 3.05) is 38.5 Å². The van der Waals surface area contributed by atoms with Crippen LogP contribution < -0.4 is 5.32 Å². The Labute approximate surface area is 186 Å². The molecule has 0 saturated carbocycles. The van der Waals surface area contributed by atoms with E-state index in [0.717, 1.165) is 42.9 Å². The molecule has 1 saturated heterocycles. The molecule has 2 amide bonds. The number of fused-ring (bicyclic) bond motifs is 1. The Balaban J connectivity index is 1.33. The van der Waals surface area contributed by atoms with Crippen molar-refractivity contribution in [2.45, 2.75) is 6.42 Å². The molecule has 0 atom stereocenters. The maximum atomic E-state index is 12.8. The highest BCUT2D eigenvalue weighted by Crippen LogP contribution is 2.33. The molecule has 7 heteroatoms. The van der Waals surface area contributed by atoms with E-state index >= 15 is 0 Å². The SMILES string of the molecule is CN1CCCN(C(=O)c2ccc(-c3ccc(/C=C4/C(=O)Nc5ccccc54)o3)cn2)CC1. The molecule has 0 bridgehead atoms. The summed E-state index contributed by atoms with van der Waals surface area (Å²) in [6, 6.07) is 14.8. The van der Waals surface area contributed by atoms with Crippen molar-refractivity contribution in [1.29, 1.82) is 0 Å². The number of likely N-dealkylation sites (N-methyl/N-ethyl adjacent to an activating group) is 1. The predicted molar refractivity (Wildman–Crippen MR) is 123 cm³/mol. The molecule has 1 aromatic carbocycles. The summed E-state index contributed by atoms with van der Waals surface area (Å²) in [4.78, 5) is 33.6. The van der Waals surface area contributed by atoms with Gasteiger partial charge in [0, 0.05) is 42.6 Å². The maximum Gasteiger partial charge on any atom is 0.272 e. The average Bonchev–Trinajstić information content (AvgIpc) is 3.33. The number of pyridine rings is 1. The topological polar surface area (TPSA) is 78.7 Å². The van der Waals surface area contributed by atoms with Crippen molar-refractivity contribution < 1.29 is 14.0 Å². The quantitative estimate of drug-likeness (QED) is 0.645. The minimum Gasteiger partial charge on any atom is -0.457 e. The van der Waals surface area contributed by atoms with Crippen LogP contribution in [0.4, 0.5) is 5.69 Å². The summed E-state index contributed by atoms with van der Waals surface area (Å²) in [7, 11) is 2.08. The summed E-state index contributed by atoms with van der Waals surface area (Å²) in [5, 5.41) is 2.86. The lowest BCUT2D eigenvalue weighted by molar-refractivity contribution is -0.110. The van der Waals surface area contributed by atoms with Gasteiger partial charge in [-0.1, -0.05) is 18.2 Å². The largest absolute Gasteiger partial charge is 0.457 e. The van der Waals surface area contributed by atoms with E-state index in [1.807, 2.05) is 47.4 Å². The highest BCUT2D eigenvalue weighted by Gasteiger charge is 2.24. The van der Waals surface area contributed by atoms with Crippen LogP contribution in [0.1, 0.15) is 28.2 Å². The van der Waals surface area contributed by atoms with Crippen molar-refractivity contribution in [2.24, 2.45) is 0 Å². The molecule has 0 unspecified atom stereocenters. The van der Waals surface area contributed by atoms with Crippen LogP contribution in [-0.4, -0.2) is 59.8 Å². The lowest BCUT2D eigenvalue weighted by Crippen LogP contribution is -2.34. The van der Waals surface area contributed by atoms with Gasteiger partial charge in [-0.15, -0.1) is 0 Å². The van der Waals surface area contributed by atoms with Crippen LogP contribution >= 0.6 is 0 Å². The summed E-state index contributed by atoms with van der Waals surface area (Å²) in [6.07, 6.45) is 4.37. The average molecular weight is 428 g/mol. The van der Waals surface area contributed by atoms with Gasteiger partial charge >= 0.3 is 0 Å². The molecule has 1 fully saturated rings. The second-order valence-corrected chi connectivity index (χ2v) is 8.14. The Morgan fingerprint density at radius 3 is 2.78 bits per heavy atom. The van der Waals surface area contributed by atoms with E-state index in [0.29, 0.717) is 29.3 Å². The van der Waals surface area contributed by atoms with Crippen LogP contribution in [0.3, 0.4) is 0 Å². The number of nitrogens with zero attached hydrogens (tertiary/aromatic N) is 3. The molecule has 0 radical (unpaired) electrons. The molecule has 2 aromatic heterocycles. The second-order valence-electron chi connectivity index (χ2n) is 8.14. The minimum atomic E-state index is -0.145. The highest BCUT2D eigenvalue weighted by molar-refractivity contribution is 6.34. The van der Waals surface area contributed by atoms with Gasteiger partial charge in [-0.3, -0.25) is 14.6 Å². The first-order valence-corrected chi connectivity index (χ1v) is 10.7. The molecule has 5 rings (SSSR count). The summed E-state index contributed by atoms with van der Waals surface area (Å²) in [5.41, 5.74) is 3.45. The van der Waals surface area contributed by atoms with E-state index < -0.39 is 0 Å². The number of anilines is 1. The number of nitrogens with one attached hydrogen (secondary N) is 1. The molecule has 7 nitrogen and oxygen atoms in total. The van der Waals surface area contributed by atoms with E-state index in [1.165, 1.54) is 0 Å². The van der Waals surface area contributed by atoms with Gasteiger partial charge in [0.25, 0.3) is 11.8 Å². The number of carbonyl (C=O) groups is 2. The summed E-state index contributed by atoms with van der Waals surface area (Å²) < 4.78 is 5.94. The molecular weight excluding hydrogens is 404 g/mol. The number of rotatable bonds is 3. The van der Waals surface area contributed by atoms with Crippen molar-refractivity contribution in [3.05, 3.63) is 71.7 Å². The zero-order chi connectivity index (χ0) is 22.1. The summed E-state index contributed by atoms with van der Waals surface area (Å²) in [6.45, 7) is 3.34. The molecule has 3 aromatic rings. The number of hydrogen-bond donors (Lipinski definition) is 1. The van der Waals surface area contributed by atoms with Crippen molar-refractivity contribution in [3.8, 4) is 11.3 Å². The normalized spacial score (nSPS) is 17.8. The number of para-hydroxylation sites is 1. The van der Waals surface area contributed by atoms with Crippen LogP contribution in [0.15, 0.2) is 59.1 Å². The number of benzene rings is 1. The molecule has 2 aliphatic rings. The molecule has 32 heavy (non-hydrogen) atoms. The minimum absolute atomic E-state index is 0.0392. The fourth-order valence-electron chi connectivity index (χ4n) is 4.09. The molecule has 2 aliphatic heterocycles. The monoisotopic (exact) mass is 428 g/mol. The fraction of sp³-hybridized carbons (Fsp3) is 0.240. The van der Waals surface area contributed by atoms with Crippen molar-refractivity contribution >= 4 is 29.2 Å². The van der Waals surface area contributed by atoms with E-state index in [-0.39, 0.29) is 11.8 Å². The standard InChI is InChI=1S/C25H24N4O3/c1-28-11-4-12-29(14-13-28)25(31)22-9-7-17(16-26-22)23-10-8-18(32-23)15-20-19-5-2-3-6-21(19)27-24(20)30/h2-3,5-10,15-16H,4,11-14H2,1H3,(H,27,30)/b20-15+. The molecule has 0 aliphatic carbocycles. The van der Waals surface area contributed by atoms with E-state index in [4.69, 9.17) is 4.42 Å². The number of furan rings is 1. The molecule has 0 spiro atoms. The fourth-order valence-corrected chi connectivity index (χ4v) is 4.09. The van der Waals surface area contributed by atoms with Gasteiger partial charge in [0.2, 0.25) is 0 Å². The van der Waals surface area contributed by atoms with Crippen LogP contribution in [0.25, 0.3) is 23.0 Å². The zero-order valence-electron chi connectivity index (χ0n) is 17.9. The summed E-state index contributed by atoms with van der Waals surface area (Å²) >= 11 is 0. The third-order valence-corrected chi connectivity index (χ3v) is 5.90. The number of hydrogen-bond acceptors (Lipinski definition) is 5. The smallest absolute Gasteiger partial charge is 0.272 e. The van der Waals surface area contributed by atoms with Crippen molar-refractivity contribution in [1.82, 2.24) is 14.8 Å². The van der Waals surface area contributed by atoms with Crippen molar-refractivity contribution in [3.63, 3.8) is 0 Å². The molecular formula is C25H24N4O3. The molecule has 4 heterocycles. The Bertz CT molecular complexity index is 1200. The van der Waals surface area contributed by atoms with Gasteiger partial charge < -0.3 is 19.5 Å². The molecule has 162 valence electrons. The zero-order valence-corrected chi connectivity index (χ0v) is 17.9. The first-order valence-electron chi connectivity index (χ1n) is 10.7. The van der Waals surface area contributed by atoms with Crippen LogP contribution in [0.5, 0.6) is 0 Å². The first-order chi connectivity index (χ1) is 15.6. The van der Waals surface area contributed by atoms with Gasteiger partial charge in [-0.05, 0) is 56.4 Å². The number of amides is 2.